The molecule has 1 aliphatic rings. The monoisotopic (exact) mass is 275 g/mol. The lowest BCUT2D eigenvalue weighted by molar-refractivity contribution is 0.0682. The fourth-order valence-corrected chi connectivity index (χ4v) is 2.52. The molecule has 110 valence electrons. The van der Waals surface area contributed by atoms with E-state index in [9.17, 15) is 4.79 Å². The zero-order valence-electron chi connectivity index (χ0n) is 12.7. The molecule has 20 heavy (non-hydrogen) atoms. The van der Waals surface area contributed by atoms with Crippen LogP contribution in [0.25, 0.3) is 0 Å². The molecule has 0 bridgehead atoms. The maximum absolute atomic E-state index is 12.4. The van der Waals surface area contributed by atoms with E-state index in [-0.39, 0.29) is 5.91 Å². The Morgan fingerprint density at radius 3 is 2.95 bits per heavy atom. The Labute approximate surface area is 121 Å². The lowest BCUT2D eigenvalue weighted by Gasteiger charge is -2.30. The van der Waals surface area contributed by atoms with Crippen molar-refractivity contribution in [3.8, 4) is 0 Å². The normalized spacial score (nSPS) is 20.6. The Kier molecular flexibility index (Phi) is 4.99. The topological polar surface area (TPSA) is 45.2 Å². The molecule has 0 aromatic carbocycles. The van der Waals surface area contributed by atoms with Gasteiger partial charge in [0.05, 0.1) is 5.56 Å². The van der Waals surface area contributed by atoms with Crippen LogP contribution in [0.15, 0.2) is 18.3 Å². The molecule has 0 aliphatic carbocycles. The second-order valence-electron chi connectivity index (χ2n) is 5.88. The average molecular weight is 275 g/mol. The summed E-state index contributed by atoms with van der Waals surface area (Å²) in [6.45, 7) is 8.20. The van der Waals surface area contributed by atoms with Gasteiger partial charge in [-0.25, -0.2) is 4.98 Å². The molecule has 4 heteroatoms. The molecular formula is C16H25N3O. The van der Waals surface area contributed by atoms with E-state index in [1.165, 1.54) is 6.42 Å². The average Bonchev–Trinajstić information content (AvgIpc) is 2.47. The van der Waals surface area contributed by atoms with Crippen LogP contribution in [0.4, 0.5) is 5.82 Å². The molecule has 1 amide bonds. The molecule has 2 rings (SSSR count). The van der Waals surface area contributed by atoms with Crippen molar-refractivity contribution in [2.75, 3.05) is 18.4 Å². The summed E-state index contributed by atoms with van der Waals surface area (Å²) in [4.78, 5) is 18.7. The minimum absolute atomic E-state index is 0.110. The van der Waals surface area contributed by atoms with Crippen molar-refractivity contribution in [2.24, 2.45) is 5.92 Å². The molecule has 1 N–H and O–H groups in total. The number of amides is 1. The number of piperidine rings is 1. The number of anilines is 1. The Morgan fingerprint density at radius 1 is 1.55 bits per heavy atom. The number of hydrogen-bond donors (Lipinski definition) is 1. The lowest BCUT2D eigenvalue weighted by atomic mass is 10.00. The van der Waals surface area contributed by atoms with Gasteiger partial charge in [-0.1, -0.05) is 13.8 Å². The van der Waals surface area contributed by atoms with Crippen LogP contribution in [0, 0.1) is 5.92 Å². The molecule has 1 aliphatic heterocycles. The van der Waals surface area contributed by atoms with Crippen LogP contribution in [0.2, 0.25) is 0 Å². The molecule has 0 spiro atoms. The van der Waals surface area contributed by atoms with Crippen LogP contribution in [0.3, 0.4) is 0 Å². The molecule has 2 unspecified atom stereocenters. The second-order valence-corrected chi connectivity index (χ2v) is 5.88. The van der Waals surface area contributed by atoms with Gasteiger partial charge in [-0.2, -0.15) is 0 Å². The highest BCUT2D eigenvalue weighted by atomic mass is 16.2. The summed E-state index contributed by atoms with van der Waals surface area (Å²) >= 11 is 0. The number of aromatic nitrogens is 1. The molecule has 1 aromatic heterocycles. The van der Waals surface area contributed by atoms with Crippen LogP contribution in [-0.4, -0.2) is 34.9 Å². The molecular weight excluding hydrogens is 250 g/mol. The summed E-state index contributed by atoms with van der Waals surface area (Å²) in [5, 5.41) is 3.31. The number of carbonyl (C=O) groups excluding carboxylic acids is 1. The number of rotatable bonds is 4. The fourth-order valence-electron chi connectivity index (χ4n) is 2.52. The zero-order chi connectivity index (χ0) is 14.5. The Bertz CT molecular complexity index is 444. The quantitative estimate of drug-likeness (QED) is 0.918. The highest BCUT2D eigenvalue weighted by molar-refractivity contribution is 5.94. The predicted molar refractivity (Wildman–Crippen MR) is 81.9 cm³/mol. The number of likely N-dealkylation sites (tertiary alicyclic amines) is 1. The van der Waals surface area contributed by atoms with Crippen LogP contribution in [0.5, 0.6) is 0 Å². The number of nitrogens with one attached hydrogen (secondary N) is 1. The minimum Gasteiger partial charge on any atom is -0.368 e. The third-order valence-corrected chi connectivity index (χ3v) is 3.96. The summed E-state index contributed by atoms with van der Waals surface area (Å²) in [6, 6.07) is 4.17. The predicted octanol–water partition coefficient (Wildman–Crippen LogP) is 3.16. The van der Waals surface area contributed by atoms with Crippen LogP contribution in [-0.2, 0) is 0 Å². The van der Waals surface area contributed by atoms with E-state index in [1.807, 2.05) is 17.0 Å². The number of hydrogen-bond acceptors (Lipinski definition) is 3. The summed E-state index contributed by atoms with van der Waals surface area (Å²) in [5.41, 5.74) is 0.689. The van der Waals surface area contributed by atoms with Crippen molar-refractivity contribution in [1.82, 2.24) is 9.88 Å². The number of carbonyl (C=O) groups is 1. The van der Waals surface area contributed by atoms with Crippen LogP contribution in [0.1, 0.15) is 50.4 Å². The Hall–Kier alpha value is -1.58. The summed E-state index contributed by atoms with van der Waals surface area (Å²) < 4.78 is 0. The maximum Gasteiger partial charge on any atom is 0.255 e. The van der Waals surface area contributed by atoms with Gasteiger partial charge in [0.1, 0.15) is 5.82 Å². The van der Waals surface area contributed by atoms with Gasteiger partial charge in [-0.3, -0.25) is 4.79 Å². The van der Waals surface area contributed by atoms with Gasteiger partial charge in [0, 0.05) is 25.3 Å². The van der Waals surface area contributed by atoms with Gasteiger partial charge in [0.2, 0.25) is 0 Å². The maximum atomic E-state index is 12.4. The molecule has 2 atom stereocenters. The lowest BCUT2D eigenvalue weighted by Crippen LogP contribution is -2.39. The van der Waals surface area contributed by atoms with Gasteiger partial charge in [0.25, 0.3) is 5.91 Å². The van der Waals surface area contributed by atoms with Crippen molar-refractivity contribution >= 4 is 11.7 Å². The van der Waals surface area contributed by atoms with Crippen molar-refractivity contribution in [3.63, 3.8) is 0 Å². The van der Waals surface area contributed by atoms with E-state index in [2.05, 4.69) is 31.1 Å². The van der Waals surface area contributed by atoms with Crippen molar-refractivity contribution in [1.29, 1.82) is 0 Å². The van der Waals surface area contributed by atoms with Gasteiger partial charge >= 0.3 is 0 Å². The van der Waals surface area contributed by atoms with Gasteiger partial charge < -0.3 is 10.2 Å². The molecule has 1 aromatic rings. The molecule has 0 saturated carbocycles. The summed E-state index contributed by atoms with van der Waals surface area (Å²) in [6.07, 6.45) is 5.06. The van der Waals surface area contributed by atoms with Crippen molar-refractivity contribution in [3.05, 3.63) is 23.9 Å². The van der Waals surface area contributed by atoms with Crippen molar-refractivity contribution in [2.45, 2.75) is 46.1 Å². The first-order chi connectivity index (χ1) is 9.60. The highest BCUT2D eigenvalue weighted by Crippen LogP contribution is 2.18. The second kappa shape index (κ2) is 6.73. The standard InChI is InChI=1S/C16H25N3O/c1-4-13(3)18-15-8-7-14(10-17-15)16(20)19-9-5-6-12(2)11-19/h7-8,10,12-13H,4-6,9,11H2,1-3H3,(H,17,18). The SMILES string of the molecule is CCC(C)Nc1ccc(C(=O)N2CCCC(C)C2)cn1. The summed E-state index contributed by atoms with van der Waals surface area (Å²) in [7, 11) is 0. The Balaban J connectivity index is 2.00. The van der Waals surface area contributed by atoms with Crippen LogP contribution >= 0.6 is 0 Å². The van der Waals surface area contributed by atoms with E-state index >= 15 is 0 Å². The third-order valence-electron chi connectivity index (χ3n) is 3.96. The molecule has 4 nitrogen and oxygen atoms in total. The largest absolute Gasteiger partial charge is 0.368 e. The van der Waals surface area contributed by atoms with Crippen LogP contribution < -0.4 is 5.32 Å². The van der Waals surface area contributed by atoms with Gasteiger partial charge in [0.15, 0.2) is 0 Å². The molecule has 0 radical (unpaired) electrons. The Morgan fingerprint density at radius 2 is 2.35 bits per heavy atom. The number of pyridine rings is 1. The summed E-state index contributed by atoms with van der Waals surface area (Å²) in [5.74, 6) is 1.55. The van der Waals surface area contributed by atoms with E-state index in [4.69, 9.17) is 0 Å². The first kappa shape index (κ1) is 14.8. The fraction of sp³-hybridized carbons (Fsp3) is 0.625. The molecule has 1 saturated heterocycles. The van der Waals surface area contributed by atoms with E-state index in [0.29, 0.717) is 17.5 Å². The van der Waals surface area contributed by atoms with Crippen molar-refractivity contribution < 1.29 is 4.79 Å². The van der Waals surface area contributed by atoms with E-state index in [0.717, 1.165) is 31.7 Å². The number of nitrogens with zero attached hydrogens (tertiary/aromatic N) is 2. The minimum atomic E-state index is 0.110. The molecule has 2 heterocycles. The third kappa shape index (κ3) is 3.71. The highest BCUT2D eigenvalue weighted by Gasteiger charge is 2.22. The van der Waals surface area contributed by atoms with E-state index < -0.39 is 0 Å². The zero-order valence-corrected chi connectivity index (χ0v) is 12.7. The van der Waals surface area contributed by atoms with Gasteiger partial charge in [-0.05, 0) is 44.2 Å². The van der Waals surface area contributed by atoms with Gasteiger partial charge in [-0.15, -0.1) is 0 Å². The smallest absolute Gasteiger partial charge is 0.255 e. The first-order valence-electron chi connectivity index (χ1n) is 7.62. The van der Waals surface area contributed by atoms with E-state index in [1.54, 1.807) is 6.20 Å². The molecule has 1 fully saturated rings. The first-order valence-corrected chi connectivity index (χ1v) is 7.62.